The molecule has 0 radical (unpaired) electrons. The van der Waals surface area contributed by atoms with E-state index in [9.17, 15) is 22.8 Å². The van der Waals surface area contributed by atoms with Gasteiger partial charge < -0.3 is 20.3 Å². The summed E-state index contributed by atoms with van der Waals surface area (Å²) in [4.78, 5) is 43.1. The third-order valence-electron chi connectivity index (χ3n) is 5.80. The van der Waals surface area contributed by atoms with Crippen LogP contribution >= 0.6 is 0 Å². The van der Waals surface area contributed by atoms with E-state index < -0.39 is 12.1 Å². The Hall–Kier alpha value is -3.73. The molecular formula is C25H27F3N4O4. The van der Waals surface area contributed by atoms with Crippen LogP contribution in [0.25, 0.3) is 10.9 Å². The van der Waals surface area contributed by atoms with Crippen molar-refractivity contribution in [1.82, 2.24) is 20.2 Å². The molecule has 1 atom stereocenters. The van der Waals surface area contributed by atoms with E-state index >= 15 is 0 Å². The Bertz CT molecular complexity index is 1280. The SMILES string of the molecule is Cc1ccccc1C1CN(C(=O)CCCc2nc3ccccc3c(=O)[nH]2)CCN1.O=C(O)C(F)(F)F. The van der Waals surface area contributed by atoms with Gasteiger partial charge in [-0.15, -0.1) is 0 Å². The first-order valence-electron chi connectivity index (χ1n) is 11.4. The van der Waals surface area contributed by atoms with Crippen molar-refractivity contribution in [2.75, 3.05) is 19.6 Å². The molecule has 1 aliphatic rings. The van der Waals surface area contributed by atoms with Gasteiger partial charge in [-0.2, -0.15) is 13.2 Å². The van der Waals surface area contributed by atoms with Crippen molar-refractivity contribution >= 4 is 22.8 Å². The van der Waals surface area contributed by atoms with Crippen molar-refractivity contribution in [2.45, 2.75) is 38.4 Å². The summed E-state index contributed by atoms with van der Waals surface area (Å²) in [5.41, 5.74) is 3.06. The van der Waals surface area contributed by atoms with Crippen LogP contribution in [0, 0.1) is 6.92 Å². The molecule has 4 rings (SSSR count). The molecule has 2 aromatic carbocycles. The number of nitrogens with one attached hydrogen (secondary N) is 2. The van der Waals surface area contributed by atoms with E-state index in [-0.39, 0.29) is 17.5 Å². The Labute approximate surface area is 205 Å². The Morgan fingerprint density at radius 2 is 1.81 bits per heavy atom. The van der Waals surface area contributed by atoms with Crippen molar-refractivity contribution in [3.05, 3.63) is 75.8 Å². The first-order chi connectivity index (χ1) is 17.1. The number of aliphatic carboxylic acids is 1. The number of piperazine rings is 1. The Kier molecular flexibility index (Phi) is 8.81. The average Bonchev–Trinajstić information content (AvgIpc) is 2.84. The number of alkyl halides is 3. The maximum Gasteiger partial charge on any atom is 0.490 e. The molecule has 0 saturated carbocycles. The molecule has 1 saturated heterocycles. The number of carbonyl (C=O) groups excluding carboxylic acids is 1. The number of hydrogen-bond donors (Lipinski definition) is 3. The summed E-state index contributed by atoms with van der Waals surface area (Å²) < 4.78 is 31.7. The molecule has 3 N–H and O–H groups in total. The van der Waals surface area contributed by atoms with Crippen LogP contribution < -0.4 is 10.9 Å². The zero-order valence-electron chi connectivity index (χ0n) is 19.6. The lowest BCUT2D eigenvalue weighted by atomic mass is 9.99. The van der Waals surface area contributed by atoms with Gasteiger partial charge in [0.05, 0.1) is 16.9 Å². The molecule has 0 bridgehead atoms. The number of benzene rings is 2. The molecule has 36 heavy (non-hydrogen) atoms. The molecule has 8 nitrogen and oxygen atoms in total. The fourth-order valence-corrected chi connectivity index (χ4v) is 3.98. The third kappa shape index (κ3) is 7.14. The van der Waals surface area contributed by atoms with Gasteiger partial charge in [0.1, 0.15) is 5.82 Å². The Balaban J connectivity index is 0.000000454. The zero-order valence-corrected chi connectivity index (χ0v) is 19.6. The number of rotatable bonds is 5. The highest BCUT2D eigenvalue weighted by Crippen LogP contribution is 2.21. The largest absolute Gasteiger partial charge is 0.490 e. The number of halogens is 3. The van der Waals surface area contributed by atoms with Crippen molar-refractivity contribution in [3.63, 3.8) is 0 Å². The summed E-state index contributed by atoms with van der Waals surface area (Å²) >= 11 is 0. The predicted octanol–water partition coefficient (Wildman–Crippen LogP) is 3.36. The van der Waals surface area contributed by atoms with Crippen LogP contribution in [-0.4, -0.2) is 57.7 Å². The molecule has 1 amide bonds. The van der Waals surface area contributed by atoms with Crippen molar-refractivity contribution < 1.29 is 27.9 Å². The number of fused-ring (bicyclic) bond motifs is 1. The number of aryl methyl sites for hydroxylation is 2. The maximum absolute atomic E-state index is 12.7. The lowest BCUT2D eigenvalue weighted by molar-refractivity contribution is -0.192. The fraction of sp³-hybridized carbons (Fsp3) is 0.360. The minimum atomic E-state index is -5.08. The smallest absolute Gasteiger partial charge is 0.475 e. The average molecular weight is 505 g/mol. The van der Waals surface area contributed by atoms with E-state index in [4.69, 9.17) is 9.90 Å². The highest BCUT2D eigenvalue weighted by Gasteiger charge is 2.38. The summed E-state index contributed by atoms with van der Waals surface area (Å²) in [5, 5.41) is 11.2. The second-order valence-corrected chi connectivity index (χ2v) is 8.39. The lowest BCUT2D eigenvalue weighted by Crippen LogP contribution is -2.48. The van der Waals surface area contributed by atoms with Gasteiger partial charge in [-0.25, -0.2) is 9.78 Å². The van der Waals surface area contributed by atoms with E-state index in [1.54, 1.807) is 6.07 Å². The minimum absolute atomic E-state index is 0.125. The van der Waals surface area contributed by atoms with Gasteiger partial charge in [-0.1, -0.05) is 36.4 Å². The number of carboxylic acids is 1. The lowest BCUT2D eigenvalue weighted by Gasteiger charge is -2.34. The summed E-state index contributed by atoms with van der Waals surface area (Å²) in [7, 11) is 0. The molecule has 1 aliphatic heterocycles. The second kappa shape index (κ2) is 11.8. The topological polar surface area (TPSA) is 115 Å². The van der Waals surface area contributed by atoms with Crippen molar-refractivity contribution in [3.8, 4) is 0 Å². The number of aromatic amines is 1. The molecule has 1 aromatic heterocycles. The monoisotopic (exact) mass is 504 g/mol. The summed E-state index contributed by atoms with van der Waals surface area (Å²) in [6.07, 6.45) is -3.38. The summed E-state index contributed by atoms with van der Waals surface area (Å²) in [6, 6.07) is 15.8. The number of carbonyl (C=O) groups is 2. The number of nitrogens with zero attached hydrogens (tertiary/aromatic N) is 2. The molecule has 1 fully saturated rings. The van der Waals surface area contributed by atoms with E-state index in [1.807, 2.05) is 35.2 Å². The first kappa shape index (κ1) is 26.9. The minimum Gasteiger partial charge on any atom is -0.475 e. The first-order valence-corrected chi connectivity index (χ1v) is 11.4. The van der Waals surface area contributed by atoms with Crippen LogP contribution in [0.4, 0.5) is 13.2 Å². The highest BCUT2D eigenvalue weighted by atomic mass is 19.4. The van der Waals surface area contributed by atoms with Crippen LogP contribution in [0.5, 0.6) is 0 Å². The quantitative estimate of drug-likeness (QED) is 0.491. The van der Waals surface area contributed by atoms with Crippen LogP contribution in [0.3, 0.4) is 0 Å². The predicted molar refractivity (Wildman–Crippen MR) is 127 cm³/mol. The number of hydrogen-bond acceptors (Lipinski definition) is 5. The molecule has 0 aliphatic carbocycles. The highest BCUT2D eigenvalue weighted by molar-refractivity contribution is 5.77. The molecule has 2 heterocycles. The standard InChI is InChI=1S/C23H26N4O2.C2HF3O2/c1-16-7-2-3-8-17(16)20-15-27(14-13-24-20)22(28)12-6-11-21-25-19-10-5-4-9-18(19)23(29)26-21;3-2(4,5)1(6)7/h2-5,7-10,20,24H,6,11-15H2,1H3,(H,25,26,29);(H,6,7). The molecule has 3 aromatic rings. The van der Waals surface area contributed by atoms with E-state index in [1.165, 1.54) is 11.1 Å². The summed E-state index contributed by atoms with van der Waals surface area (Å²) in [5.74, 6) is -1.96. The number of amides is 1. The van der Waals surface area contributed by atoms with Crippen molar-refractivity contribution in [1.29, 1.82) is 0 Å². The van der Waals surface area contributed by atoms with Gasteiger partial charge in [0.2, 0.25) is 5.91 Å². The van der Waals surface area contributed by atoms with Gasteiger partial charge in [-0.3, -0.25) is 9.59 Å². The Morgan fingerprint density at radius 3 is 2.50 bits per heavy atom. The van der Waals surface area contributed by atoms with Crippen LogP contribution in [0.1, 0.15) is 35.8 Å². The number of para-hydroxylation sites is 1. The zero-order chi connectivity index (χ0) is 26.3. The fourth-order valence-electron chi connectivity index (χ4n) is 3.98. The van der Waals surface area contributed by atoms with E-state index in [2.05, 4.69) is 34.3 Å². The van der Waals surface area contributed by atoms with Crippen molar-refractivity contribution in [2.24, 2.45) is 0 Å². The van der Waals surface area contributed by atoms with Crippen LogP contribution in [0.2, 0.25) is 0 Å². The molecule has 1 unspecified atom stereocenters. The van der Waals surface area contributed by atoms with Crippen LogP contribution in [-0.2, 0) is 16.0 Å². The molecular weight excluding hydrogens is 477 g/mol. The maximum atomic E-state index is 12.7. The normalized spacial score (nSPS) is 15.8. The number of carboxylic acid groups (broad SMARTS) is 1. The van der Waals surface area contributed by atoms with Gasteiger partial charge in [0.15, 0.2) is 0 Å². The van der Waals surface area contributed by atoms with Gasteiger partial charge >= 0.3 is 12.1 Å². The molecule has 0 spiro atoms. The number of aromatic nitrogens is 2. The molecule has 11 heteroatoms. The van der Waals surface area contributed by atoms with Gasteiger partial charge in [0, 0.05) is 32.5 Å². The van der Waals surface area contributed by atoms with Crippen LogP contribution in [0.15, 0.2) is 53.3 Å². The Morgan fingerprint density at radius 1 is 1.14 bits per heavy atom. The van der Waals surface area contributed by atoms with E-state index in [0.29, 0.717) is 42.5 Å². The van der Waals surface area contributed by atoms with Gasteiger partial charge in [0.25, 0.3) is 5.56 Å². The molecule has 192 valence electrons. The van der Waals surface area contributed by atoms with E-state index in [0.717, 1.165) is 13.1 Å². The summed E-state index contributed by atoms with van der Waals surface area (Å²) in [6.45, 7) is 4.32. The second-order valence-electron chi connectivity index (χ2n) is 8.39. The van der Waals surface area contributed by atoms with Gasteiger partial charge in [-0.05, 0) is 36.6 Å². The number of H-pyrrole nitrogens is 1. The third-order valence-corrected chi connectivity index (χ3v) is 5.80.